The lowest BCUT2D eigenvalue weighted by Crippen LogP contribution is -2.41. The maximum atomic E-state index is 13.2. The van der Waals surface area contributed by atoms with Crippen LogP contribution in [0, 0.1) is 6.92 Å². The van der Waals surface area contributed by atoms with Crippen LogP contribution in [0.25, 0.3) is 0 Å². The standard InChI is InChI=1S/C24H28N4O2/c1-17-5-3-7-19(13-17)24-23-21(25-16-26-23)9-12-28(24)22(30)10-11-27(2)15-18-6-4-8-20(29)14-18/h3-8,13-14,16,24,29H,9-12,15H2,1-2H3,(H,25,26). The zero-order valence-corrected chi connectivity index (χ0v) is 17.5. The van der Waals surface area contributed by atoms with E-state index in [4.69, 9.17) is 0 Å². The third-order valence-corrected chi connectivity index (χ3v) is 5.67. The molecule has 0 aliphatic carbocycles. The van der Waals surface area contributed by atoms with Gasteiger partial charge in [0, 0.05) is 38.2 Å². The molecular weight excluding hydrogens is 376 g/mol. The van der Waals surface area contributed by atoms with Crippen LogP contribution in [0.2, 0.25) is 0 Å². The van der Waals surface area contributed by atoms with Crippen LogP contribution in [0.5, 0.6) is 5.75 Å². The van der Waals surface area contributed by atoms with Gasteiger partial charge in [-0.1, -0.05) is 42.0 Å². The lowest BCUT2D eigenvalue weighted by Gasteiger charge is -2.36. The minimum Gasteiger partial charge on any atom is -0.508 e. The van der Waals surface area contributed by atoms with Gasteiger partial charge in [-0.3, -0.25) is 4.79 Å². The number of aryl methyl sites for hydroxylation is 1. The molecule has 1 atom stereocenters. The number of fused-ring (bicyclic) bond motifs is 1. The maximum Gasteiger partial charge on any atom is 0.224 e. The summed E-state index contributed by atoms with van der Waals surface area (Å²) >= 11 is 0. The molecule has 0 spiro atoms. The highest BCUT2D eigenvalue weighted by Gasteiger charge is 2.33. The van der Waals surface area contributed by atoms with Crippen molar-refractivity contribution in [2.75, 3.05) is 20.1 Å². The normalized spacial score (nSPS) is 16.0. The number of hydrogen-bond acceptors (Lipinski definition) is 4. The van der Waals surface area contributed by atoms with Gasteiger partial charge in [0.05, 0.1) is 12.0 Å². The number of amides is 1. The quantitative estimate of drug-likeness (QED) is 0.660. The first-order chi connectivity index (χ1) is 14.5. The third-order valence-electron chi connectivity index (χ3n) is 5.67. The fourth-order valence-electron chi connectivity index (χ4n) is 4.20. The van der Waals surface area contributed by atoms with Gasteiger partial charge in [0.15, 0.2) is 0 Å². The fraction of sp³-hybridized carbons (Fsp3) is 0.333. The number of H-pyrrole nitrogens is 1. The van der Waals surface area contributed by atoms with Crippen molar-refractivity contribution in [3.05, 3.63) is 82.9 Å². The van der Waals surface area contributed by atoms with E-state index in [0.717, 1.165) is 28.9 Å². The van der Waals surface area contributed by atoms with Crippen LogP contribution >= 0.6 is 0 Å². The summed E-state index contributed by atoms with van der Waals surface area (Å²) in [5.74, 6) is 0.402. The van der Waals surface area contributed by atoms with E-state index in [1.165, 1.54) is 5.56 Å². The number of benzene rings is 2. The lowest BCUT2D eigenvalue weighted by atomic mass is 9.94. The van der Waals surface area contributed by atoms with Gasteiger partial charge in [0.1, 0.15) is 11.8 Å². The monoisotopic (exact) mass is 404 g/mol. The Balaban J connectivity index is 1.47. The highest BCUT2D eigenvalue weighted by Crippen LogP contribution is 2.34. The van der Waals surface area contributed by atoms with Gasteiger partial charge >= 0.3 is 0 Å². The van der Waals surface area contributed by atoms with Gasteiger partial charge in [-0.05, 0) is 37.2 Å². The Bertz CT molecular complexity index is 1030. The van der Waals surface area contributed by atoms with Crippen molar-refractivity contribution in [2.24, 2.45) is 0 Å². The second-order valence-corrected chi connectivity index (χ2v) is 8.08. The maximum absolute atomic E-state index is 13.2. The summed E-state index contributed by atoms with van der Waals surface area (Å²) in [5.41, 5.74) is 5.37. The first-order valence-corrected chi connectivity index (χ1v) is 10.4. The van der Waals surface area contributed by atoms with Gasteiger partial charge in [0.25, 0.3) is 0 Å². The average Bonchev–Trinajstić information content (AvgIpc) is 3.20. The molecule has 2 heterocycles. The van der Waals surface area contributed by atoms with Gasteiger partial charge in [-0.2, -0.15) is 0 Å². The number of phenols is 1. The summed E-state index contributed by atoms with van der Waals surface area (Å²) in [7, 11) is 2.00. The molecule has 0 bridgehead atoms. The Kier molecular flexibility index (Phi) is 5.86. The van der Waals surface area contributed by atoms with Crippen molar-refractivity contribution in [3.8, 4) is 5.75 Å². The van der Waals surface area contributed by atoms with Crippen molar-refractivity contribution in [3.63, 3.8) is 0 Å². The van der Waals surface area contributed by atoms with Crippen LogP contribution in [0.1, 0.15) is 40.5 Å². The molecule has 1 aromatic heterocycles. The number of hydrogen-bond donors (Lipinski definition) is 2. The summed E-state index contributed by atoms with van der Waals surface area (Å²) in [6, 6.07) is 15.4. The SMILES string of the molecule is Cc1cccc(C2c3nc[nH]c3CCN2C(=O)CCN(C)Cc2cccc(O)c2)c1. The first-order valence-electron chi connectivity index (χ1n) is 10.4. The van der Waals surface area contributed by atoms with Crippen molar-refractivity contribution >= 4 is 5.91 Å². The predicted molar refractivity (Wildman–Crippen MR) is 116 cm³/mol. The Hall–Kier alpha value is -3.12. The van der Waals surface area contributed by atoms with Crippen LogP contribution in [-0.2, 0) is 17.8 Å². The number of phenolic OH excluding ortho intramolecular Hbond substituents is 1. The predicted octanol–water partition coefficient (Wildman–Crippen LogP) is 3.42. The van der Waals surface area contributed by atoms with E-state index < -0.39 is 0 Å². The number of carbonyl (C=O) groups excluding carboxylic acids is 1. The summed E-state index contributed by atoms with van der Waals surface area (Å²) in [6.07, 6.45) is 2.96. The minimum absolute atomic E-state index is 0.137. The number of carbonyl (C=O) groups is 1. The van der Waals surface area contributed by atoms with Crippen LogP contribution in [0.3, 0.4) is 0 Å². The van der Waals surface area contributed by atoms with Crippen LogP contribution in [0.4, 0.5) is 0 Å². The summed E-state index contributed by atoms with van der Waals surface area (Å²) in [6.45, 7) is 4.09. The number of imidazole rings is 1. The summed E-state index contributed by atoms with van der Waals surface area (Å²) in [4.78, 5) is 25.1. The number of rotatable bonds is 6. The van der Waals surface area contributed by atoms with Crippen LogP contribution in [-0.4, -0.2) is 50.9 Å². The van der Waals surface area contributed by atoms with Crippen molar-refractivity contribution in [1.82, 2.24) is 19.8 Å². The molecule has 6 heteroatoms. The molecular formula is C24H28N4O2. The van der Waals surface area contributed by atoms with Crippen LogP contribution in [0.15, 0.2) is 54.9 Å². The third kappa shape index (κ3) is 4.39. The number of aromatic nitrogens is 2. The number of aromatic amines is 1. The van der Waals surface area contributed by atoms with Crippen molar-refractivity contribution in [2.45, 2.75) is 32.4 Å². The Morgan fingerprint density at radius 3 is 2.90 bits per heavy atom. The topological polar surface area (TPSA) is 72.5 Å². The molecule has 0 saturated carbocycles. The highest BCUT2D eigenvalue weighted by molar-refractivity contribution is 5.77. The zero-order valence-electron chi connectivity index (χ0n) is 17.5. The van der Waals surface area contributed by atoms with Gasteiger partial charge in [-0.25, -0.2) is 4.98 Å². The molecule has 1 aliphatic rings. The Morgan fingerprint density at radius 1 is 1.27 bits per heavy atom. The van der Waals surface area contributed by atoms with E-state index >= 15 is 0 Å². The Labute approximate surface area is 177 Å². The fourth-order valence-corrected chi connectivity index (χ4v) is 4.20. The summed E-state index contributed by atoms with van der Waals surface area (Å²) < 4.78 is 0. The first kappa shape index (κ1) is 20.2. The second-order valence-electron chi connectivity index (χ2n) is 8.08. The molecule has 0 fully saturated rings. The van der Waals surface area contributed by atoms with E-state index in [2.05, 4.69) is 40.0 Å². The van der Waals surface area contributed by atoms with E-state index in [1.54, 1.807) is 18.5 Å². The summed E-state index contributed by atoms with van der Waals surface area (Å²) in [5, 5.41) is 9.65. The molecule has 4 rings (SSSR count). The molecule has 0 radical (unpaired) electrons. The van der Waals surface area contributed by atoms with Crippen LogP contribution < -0.4 is 0 Å². The highest BCUT2D eigenvalue weighted by atomic mass is 16.3. The average molecular weight is 405 g/mol. The van der Waals surface area contributed by atoms with Gasteiger partial charge in [-0.15, -0.1) is 0 Å². The van der Waals surface area contributed by atoms with Gasteiger partial charge in [0.2, 0.25) is 5.91 Å². The van der Waals surface area contributed by atoms with Crippen molar-refractivity contribution < 1.29 is 9.90 Å². The largest absolute Gasteiger partial charge is 0.508 e. The number of nitrogens with zero attached hydrogens (tertiary/aromatic N) is 3. The molecule has 3 aromatic rings. The molecule has 30 heavy (non-hydrogen) atoms. The smallest absolute Gasteiger partial charge is 0.224 e. The Morgan fingerprint density at radius 2 is 2.10 bits per heavy atom. The van der Waals surface area contributed by atoms with E-state index in [1.807, 2.05) is 30.1 Å². The molecule has 1 unspecified atom stereocenters. The van der Waals surface area contributed by atoms with E-state index in [9.17, 15) is 9.90 Å². The molecule has 6 nitrogen and oxygen atoms in total. The number of nitrogens with one attached hydrogen (secondary N) is 1. The zero-order chi connectivity index (χ0) is 21.1. The van der Waals surface area contributed by atoms with Gasteiger partial charge < -0.3 is 19.9 Å². The number of aromatic hydroxyl groups is 1. The molecule has 1 aliphatic heterocycles. The minimum atomic E-state index is -0.149. The molecule has 0 saturated heterocycles. The van der Waals surface area contributed by atoms with E-state index in [0.29, 0.717) is 26.1 Å². The van der Waals surface area contributed by atoms with Crippen molar-refractivity contribution in [1.29, 1.82) is 0 Å². The molecule has 156 valence electrons. The lowest BCUT2D eigenvalue weighted by molar-refractivity contribution is -0.133. The second kappa shape index (κ2) is 8.71. The van der Waals surface area contributed by atoms with E-state index in [-0.39, 0.29) is 17.7 Å². The molecule has 1 amide bonds. The molecule has 2 aromatic carbocycles. The molecule has 2 N–H and O–H groups in total.